The third-order valence-electron chi connectivity index (χ3n) is 4.95. The maximum Gasteiger partial charge on any atom is 0.250 e. The Balaban J connectivity index is 1.63. The molecule has 2 aromatic rings. The Bertz CT molecular complexity index is 890. The molecular formula is C20H19Cl2FN2O2. The summed E-state index contributed by atoms with van der Waals surface area (Å²) in [5, 5.41) is 3.63. The standard InChI is InChI=1S/C20H19Cl2FN2O2/c1-20(19(27)24-17-5-3-2-4-16(17)23)10-11-25(20)18(26)9-7-13-6-8-14(21)12-15(13)22/h2-6,8,12H,7,9-11H2,1H3,(H,24,27). The molecular weight excluding hydrogens is 390 g/mol. The molecule has 3 rings (SSSR count). The highest BCUT2D eigenvalue weighted by Gasteiger charge is 2.49. The van der Waals surface area contributed by atoms with E-state index in [1.165, 1.54) is 17.0 Å². The lowest BCUT2D eigenvalue weighted by atomic mass is 9.84. The van der Waals surface area contributed by atoms with Gasteiger partial charge in [0, 0.05) is 23.0 Å². The summed E-state index contributed by atoms with van der Waals surface area (Å²) < 4.78 is 13.8. The number of benzene rings is 2. The van der Waals surface area contributed by atoms with Gasteiger partial charge in [0.05, 0.1) is 5.69 Å². The number of anilines is 1. The van der Waals surface area contributed by atoms with Crippen LogP contribution in [0.1, 0.15) is 25.3 Å². The van der Waals surface area contributed by atoms with Gasteiger partial charge in [-0.05, 0) is 49.6 Å². The number of nitrogens with zero attached hydrogens (tertiary/aromatic N) is 1. The van der Waals surface area contributed by atoms with Gasteiger partial charge in [0.25, 0.3) is 0 Å². The molecule has 1 unspecified atom stereocenters. The highest BCUT2D eigenvalue weighted by atomic mass is 35.5. The van der Waals surface area contributed by atoms with Crippen LogP contribution in [0.25, 0.3) is 0 Å². The smallest absolute Gasteiger partial charge is 0.250 e. The monoisotopic (exact) mass is 408 g/mol. The SMILES string of the molecule is CC1(C(=O)Nc2ccccc2F)CCN1C(=O)CCc1ccc(Cl)cc1Cl. The third-order valence-corrected chi connectivity index (χ3v) is 5.54. The normalized spacial score (nSPS) is 18.7. The number of carbonyl (C=O) groups is 2. The minimum absolute atomic E-state index is 0.107. The van der Waals surface area contributed by atoms with Crippen molar-refractivity contribution >= 4 is 40.7 Å². The molecule has 2 aromatic carbocycles. The summed E-state index contributed by atoms with van der Waals surface area (Å²) in [6.07, 6.45) is 1.21. The van der Waals surface area contributed by atoms with Crippen LogP contribution < -0.4 is 5.32 Å². The molecule has 0 saturated carbocycles. The lowest BCUT2D eigenvalue weighted by Crippen LogP contribution is -2.66. The number of nitrogens with one attached hydrogen (secondary N) is 1. The number of para-hydroxylation sites is 1. The highest BCUT2D eigenvalue weighted by molar-refractivity contribution is 6.35. The molecule has 27 heavy (non-hydrogen) atoms. The Morgan fingerprint density at radius 1 is 1.22 bits per heavy atom. The molecule has 1 heterocycles. The lowest BCUT2D eigenvalue weighted by Gasteiger charge is -2.49. The minimum atomic E-state index is -0.983. The second kappa shape index (κ2) is 7.87. The van der Waals surface area contributed by atoms with E-state index in [-0.39, 0.29) is 18.0 Å². The zero-order valence-electron chi connectivity index (χ0n) is 14.8. The molecule has 0 radical (unpaired) electrons. The van der Waals surface area contributed by atoms with E-state index in [4.69, 9.17) is 23.2 Å². The number of hydrogen-bond acceptors (Lipinski definition) is 2. The first-order valence-electron chi connectivity index (χ1n) is 8.61. The average molecular weight is 409 g/mol. The van der Waals surface area contributed by atoms with E-state index in [1.54, 1.807) is 37.3 Å². The maximum atomic E-state index is 13.8. The van der Waals surface area contributed by atoms with Gasteiger partial charge in [-0.15, -0.1) is 0 Å². The first kappa shape index (κ1) is 19.6. The number of aryl methyl sites for hydroxylation is 1. The first-order chi connectivity index (χ1) is 12.8. The molecule has 1 fully saturated rings. The van der Waals surface area contributed by atoms with Crippen molar-refractivity contribution in [2.24, 2.45) is 0 Å². The fraction of sp³-hybridized carbons (Fsp3) is 0.300. The Hall–Kier alpha value is -2.11. The van der Waals surface area contributed by atoms with Crippen molar-refractivity contribution in [1.82, 2.24) is 4.90 Å². The minimum Gasteiger partial charge on any atom is -0.328 e. The topological polar surface area (TPSA) is 49.4 Å². The summed E-state index contributed by atoms with van der Waals surface area (Å²) in [7, 11) is 0. The molecule has 0 bridgehead atoms. The summed E-state index contributed by atoms with van der Waals surface area (Å²) in [4.78, 5) is 26.8. The second-order valence-electron chi connectivity index (χ2n) is 6.74. The predicted molar refractivity (Wildman–Crippen MR) is 105 cm³/mol. The fourth-order valence-electron chi connectivity index (χ4n) is 3.12. The van der Waals surface area contributed by atoms with Crippen molar-refractivity contribution in [1.29, 1.82) is 0 Å². The quantitative estimate of drug-likeness (QED) is 0.779. The average Bonchev–Trinajstić information content (AvgIpc) is 2.61. The van der Waals surface area contributed by atoms with Gasteiger partial charge in [0.15, 0.2) is 0 Å². The Morgan fingerprint density at radius 2 is 1.96 bits per heavy atom. The molecule has 2 amide bonds. The van der Waals surface area contributed by atoms with Crippen molar-refractivity contribution in [3.8, 4) is 0 Å². The molecule has 0 aliphatic carbocycles. The van der Waals surface area contributed by atoms with Crippen LogP contribution in [0.3, 0.4) is 0 Å². The summed E-state index contributed by atoms with van der Waals surface area (Å²) in [5.41, 5.74) is -0.0493. The number of hydrogen-bond donors (Lipinski definition) is 1. The molecule has 1 atom stereocenters. The zero-order valence-corrected chi connectivity index (χ0v) is 16.3. The van der Waals surface area contributed by atoms with Gasteiger partial charge in [-0.2, -0.15) is 0 Å². The maximum absolute atomic E-state index is 13.8. The van der Waals surface area contributed by atoms with E-state index in [0.29, 0.717) is 29.4 Å². The molecule has 4 nitrogen and oxygen atoms in total. The molecule has 1 aliphatic rings. The highest BCUT2D eigenvalue weighted by Crippen LogP contribution is 2.33. The predicted octanol–water partition coefficient (Wildman–Crippen LogP) is 4.69. The molecule has 0 aromatic heterocycles. The van der Waals surface area contributed by atoms with Gasteiger partial charge in [-0.3, -0.25) is 9.59 Å². The molecule has 142 valence electrons. The number of carbonyl (C=O) groups excluding carboxylic acids is 2. The molecule has 7 heteroatoms. The number of halogens is 3. The van der Waals surface area contributed by atoms with Gasteiger partial charge < -0.3 is 10.2 Å². The van der Waals surface area contributed by atoms with Crippen LogP contribution in [0.15, 0.2) is 42.5 Å². The van der Waals surface area contributed by atoms with Crippen molar-refractivity contribution in [2.75, 3.05) is 11.9 Å². The number of rotatable bonds is 5. The summed E-state index contributed by atoms with van der Waals surface area (Å²) in [6, 6.07) is 11.1. The van der Waals surface area contributed by atoms with Gasteiger partial charge in [0.2, 0.25) is 11.8 Å². The van der Waals surface area contributed by atoms with Crippen molar-refractivity contribution < 1.29 is 14.0 Å². The Morgan fingerprint density at radius 3 is 2.59 bits per heavy atom. The van der Waals surface area contributed by atoms with E-state index >= 15 is 0 Å². The molecule has 1 aliphatic heterocycles. The van der Waals surface area contributed by atoms with Crippen LogP contribution in [0.5, 0.6) is 0 Å². The summed E-state index contributed by atoms with van der Waals surface area (Å²) >= 11 is 12.0. The van der Waals surface area contributed by atoms with Crippen LogP contribution in [0.2, 0.25) is 10.0 Å². The van der Waals surface area contributed by atoms with E-state index in [0.717, 1.165) is 5.56 Å². The summed E-state index contributed by atoms with van der Waals surface area (Å²) in [5.74, 6) is -1.04. The van der Waals surface area contributed by atoms with E-state index in [9.17, 15) is 14.0 Å². The summed E-state index contributed by atoms with van der Waals surface area (Å²) in [6.45, 7) is 2.19. The van der Waals surface area contributed by atoms with Crippen LogP contribution >= 0.6 is 23.2 Å². The Kier molecular flexibility index (Phi) is 5.72. The molecule has 1 N–H and O–H groups in total. The van der Waals surface area contributed by atoms with Crippen molar-refractivity contribution in [3.05, 3.63) is 63.9 Å². The molecule has 0 spiro atoms. The Labute approximate surface area is 167 Å². The van der Waals surface area contributed by atoms with Crippen molar-refractivity contribution in [3.63, 3.8) is 0 Å². The van der Waals surface area contributed by atoms with E-state index < -0.39 is 17.3 Å². The largest absolute Gasteiger partial charge is 0.328 e. The lowest BCUT2D eigenvalue weighted by molar-refractivity contribution is -0.154. The zero-order chi connectivity index (χ0) is 19.6. The van der Waals surface area contributed by atoms with Crippen LogP contribution in [-0.2, 0) is 16.0 Å². The van der Waals surface area contributed by atoms with Gasteiger partial charge in [0.1, 0.15) is 11.4 Å². The van der Waals surface area contributed by atoms with Crippen LogP contribution in [-0.4, -0.2) is 28.8 Å². The van der Waals surface area contributed by atoms with E-state index in [2.05, 4.69) is 5.32 Å². The third kappa shape index (κ3) is 4.09. The number of likely N-dealkylation sites (tertiary alicyclic amines) is 1. The van der Waals surface area contributed by atoms with Crippen LogP contribution in [0.4, 0.5) is 10.1 Å². The number of amides is 2. The van der Waals surface area contributed by atoms with Gasteiger partial charge in [-0.25, -0.2) is 4.39 Å². The van der Waals surface area contributed by atoms with Crippen LogP contribution in [0, 0.1) is 5.82 Å². The second-order valence-corrected chi connectivity index (χ2v) is 7.58. The van der Waals surface area contributed by atoms with E-state index in [1.807, 2.05) is 0 Å². The van der Waals surface area contributed by atoms with Gasteiger partial charge >= 0.3 is 0 Å². The van der Waals surface area contributed by atoms with Crippen molar-refractivity contribution in [2.45, 2.75) is 31.7 Å². The first-order valence-corrected chi connectivity index (χ1v) is 9.37. The fourth-order valence-corrected chi connectivity index (χ4v) is 3.62. The van der Waals surface area contributed by atoms with Gasteiger partial charge in [-0.1, -0.05) is 41.4 Å². The molecule has 1 saturated heterocycles.